The largest absolute Gasteiger partial charge is 0.488 e. The van der Waals surface area contributed by atoms with Gasteiger partial charge in [-0.25, -0.2) is 0 Å². The van der Waals surface area contributed by atoms with Crippen molar-refractivity contribution in [1.29, 1.82) is 5.26 Å². The van der Waals surface area contributed by atoms with Gasteiger partial charge in [0.05, 0.1) is 16.1 Å². The molecule has 7 heteroatoms. The fraction of sp³-hybridized carbons (Fsp3) is 0.0556. The van der Waals surface area contributed by atoms with E-state index in [1.807, 2.05) is 30.3 Å². The fourth-order valence-electron chi connectivity index (χ4n) is 2.28. The average molecular weight is 414 g/mol. The molecule has 2 N–H and O–H groups in total. The second kappa shape index (κ2) is 7.47. The fourth-order valence-corrected chi connectivity index (χ4v) is 3.00. The zero-order valence-electron chi connectivity index (χ0n) is 12.9. The summed E-state index contributed by atoms with van der Waals surface area (Å²) in [6.45, 7) is 0.293. The lowest BCUT2D eigenvalue weighted by Crippen LogP contribution is -2.21. The van der Waals surface area contributed by atoms with Crippen molar-refractivity contribution in [1.82, 2.24) is 10.6 Å². The molecule has 1 amide bonds. The molecule has 0 aromatic heterocycles. The first-order valence-electron chi connectivity index (χ1n) is 7.31. The number of nitriles is 1. The molecule has 0 unspecified atom stereocenters. The van der Waals surface area contributed by atoms with Crippen LogP contribution in [0.5, 0.6) is 5.75 Å². The predicted molar refractivity (Wildman–Crippen MR) is 101 cm³/mol. The highest BCUT2D eigenvalue weighted by Crippen LogP contribution is 2.28. The van der Waals surface area contributed by atoms with Gasteiger partial charge in [-0.1, -0.05) is 24.3 Å². The molecule has 1 saturated heterocycles. The minimum Gasteiger partial charge on any atom is -0.488 e. The third kappa shape index (κ3) is 4.05. The number of thiocarbonyl (C=S) groups is 1. The van der Waals surface area contributed by atoms with Crippen molar-refractivity contribution in [3.05, 3.63) is 69.3 Å². The van der Waals surface area contributed by atoms with Gasteiger partial charge in [-0.05, 0) is 58.0 Å². The standard InChI is InChI=1S/C18H12BrN3O2S/c19-14-7-11(8-15-17(23)22-18(25)21-15)5-6-16(14)24-10-13-4-2-1-3-12(13)9-20/h1-8H,10H2,(H2,21,22,23,25)/b15-8+. The summed E-state index contributed by atoms with van der Waals surface area (Å²) in [4.78, 5) is 11.7. The van der Waals surface area contributed by atoms with Gasteiger partial charge in [0.15, 0.2) is 5.11 Å². The van der Waals surface area contributed by atoms with Crippen molar-refractivity contribution in [2.75, 3.05) is 0 Å². The third-order valence-corrected chi connectivity index (χ3v) is 4.33. The Morgan fingerprint density at radius 2 is 2.04 bits per heavy atom. The van der Waals surface area contributed by atoms with Crippen molar-refractivity contribution >= 4 is 45.2 Å². The molecular weight excluding hydrogens is 402 g/mol. The van der Waals surface area contributed by atoms with Crippen molar-refractivity contribution in [2.24, 2.45) is 0 Å². The summed E-state index contributed by atoms with van der Waals surface area (Å²) in [7, 11) is 0. The molecule has 1 heterocycles. The summed E-state index contributed by atoms with van der Waals surface area (Å²) in [6.07, 6.45) is 1.70. The van der Waals surface area contributed by atoms with E-state index < -0.39 is 0 Å². The highest BCUT2D eigenvalue weighted by Gasteiger charge is 2.19. The average Bonchev–Trinajstić information content (AvgIpc) is 2.91. The van der Waals surface area contributed by atoms with E-state index in [0.29, 0.717) is 28.7 Å². The SMILES string of the molecule is N#Cc1ccccc1COc1ccc(/C=C2/NC(=S)NC2=O)cc1Br. The van der Waals surface area contributed by atoms with Crippen LogP contribution in [0.15, 0.2) is 52.6 Å². The molecule has 0 saturated carbocycles. The van der Waals surface area contributed by atoms with Crippen LogP contribution in [0.25, 0.3) is 6.08 Å². The van der Waals surface area contributed by atoms with Gasteiger partial charge in [-0.2, -0.15) is 5.26 Å². The minimum atomic E-state index is -0.255. The van der Waals surface area contributed by atoms with E-state index in [1.54, 1.807) is 18.2 Å². The van der Waals surface area contributed by atoms with Gasteiger partial charge in [-0.3, -0.25) is 10.1 Å². The topological polar surface area (TPSA) is 74.2 Å². The molecule has 2 aromatic carbocycles. The Bertz CT molecular complexity index is 934. The van der Waals surface area contributed by atoms with Crippen LogP contribution in [0.2, 0.25) is 0 Å². The lowest BCUT2D eigenvalue weighted by atomic mass is 10.1. The van der Waals surface area contributed by atoms with Crippen LogP contribution in [0.3, 0.4) is 0 Å². The van der Waals surface area contributed by atoms with E-state index in [2.05, 4.69) is 32.6 Å². The van der Waals surface area contributed by atoms with E-state index in [9.17, 15) is 4.79 Å². The van der Waals surface area contributed by atoms with Crippen LogP contribution in [-0.2, 0) is 11.4 Å². The normalized spacial score (nSPS) is 14.8. The summed E-state index contributed by atoms with van der Waals surface area (Å²) in [6, 6.07) is 14.9. The van der Waals surface area contributed by atoms with Gasteiger partial charge in [-0.15, -0.1) is 0 Å². The number of ether oxygens (including phenoxy) is 1. The number of hydrogen-bond donors (Lipinski definition) is 2. The van der Waals surface area contributed by atoms with Crippen molar-refractivity contribution in [2.45, 2.75) is 6.61 Å². The van der Waals surface area contributed by atoms with E-state index >= 15 is 0 Å². The Kier molecular flexibility index (Phi) is 5.12. The summed E-state index contributed by atoms with van der Waals surface area (Å²) in [5.74, 6) is 0.392. The first-order valence-corrected chi connectivity index (χ1v) is 8.51. The number of benzene rings is 2. The molecular formula is C18H12BrN3O2S. The van der Waals surface area contributed by atoms with Gasteiger partial charge in [0.1, 0.15) is 18.1 Å². The number of hydrogen-bond acceptors (Lipinski definition) is 4. The van der Waals surface area contributed by atoms with Gasteiger partial charge in [0, 0.05) is 5.56 Å². The van der Waals surface area contributed by atoms with Crippen LogP contribution >= 0.6 is 28.1 Å². The number of nitrogens with zero attached hydrogens (tertiary/aromatic N) is 1. The third-order valence-electron chi connectivity index (χ3n) is 3.51. The quantitative estimate of drug-likeness (QED) is 0.594. The molecule has 3 rings (SSSR count). The number of amides is 1. The Morgan fingerprint density at radius 1 is 1.24 bits per heavy atom. The molecule has 0 radical (unpaired) electrons. The van der Waals surface area contributed by atoms with Crippen molar-refractivity contribution < 1.29 is 9.53 Å². The van der Waals surface area contributed by atoms with Crippen LogP contribution in [0, 0.1) is 11.3 Å². The molecule has 1 aliphatic rings. The van der Waals surface area contributed by atoms with Crippen LogP contribution in [0.1, 0.15) is 16.7 Å². The zero-order chi connectivity index (χ0) is 17.8. The Morgan fingerprint density at radius 3 is 2.72 bits per heavy atom. The number of nitrogens with one attached hydrogen (secondary N) is 2. The summed E-state index contributed by atoms with van der Waals surface area (Å²) >= 11 is 8.37. The lowest BCUT2D eigenvalue weighted by molar-refractivity contribution is -0.115. The van der Waals surface area contributed by atoms with Gasteiger partial charge >= 0.3 is 0 Å². The van der Waals surface area contributed by atoms with Crippen LogP contribution < -0.4 is 15.4 Å². The molecule has 1 aliphatic heterocycles. The molecule has 25 heavy (non-hydrogen) atoms. The summed E-state index contributed by atoms with van der Waals surface area (Å²) in [5.41, 5.74) is 2.63. The molecule has 1 fully saturated rings. The number of halogens is 1. The maximum Gasteiger partial charge on any atom is 0.273 e. The van der Waals surface area contributed by atoms with E-state index in [1.165, 1.54) is 0 Å². The first-order chi connectivity index (χ1) is 12.1. The van der Waals surface area contributed by atoms with Gasteiger partial charge in [0.2, 0.25) is 0 Å². The molecule has 0 atom stereocenters. The van der Waals surface area contributed by atoms with E-state index in [-0.39, 0.29) is 5.91 Å². The van der Waals surface area contributed by atoms with Crippen LogP contribution in [0.4, 0.5) is 0 Å². The van der Waals surface area contributed by atoms with E-state index in [0.717, 1.165) is 15.6 Å². The molecule has 0 spiro atoms. The second-order valence-corrected chi connectivity index (χ2v) is 6.48. The number of carbonyl (C=O) groups excluding carboxylic acids is 1. The van der Waals surface area contributed by atoms with Gasteiger partial charge in [0.25, 0.3) is 5.91 Å². The molecule has 124 valence electrons. The predicted octanol–water partition coefficient (Wildman–Crippen LogP) is 3.24. The van der Waals surface area contributed by atoms with Crippen molar-refractivity contribution in [3.63, 3.8) is 0 Å². The number of carbonyl (C=O) groups is 1. The first kappa shape index (κ1) is 17.1. The van der Waals surface area contributed by atoms with Crippen molar-refractivity contribution in [3.8, 4) is 11.8 Å². The zero-order valence-corrected chi connectivity index (χ0v) is 15.3. The highest BCUT2D eigenvalue weighted by atomic mass is 79.9. The highest BCUT2D eigenvalue weighted by molar-refractivity contribution is 9.10. The minimum absolute atomic E-state index is 0.255. The Labute approximate surface area is 158 Å². The smallest absolute Gasteiger partial charge is 0.273 e. The molecule has 0 aliphatic carbocycles. The maximum absolute atomic E-state index is 11.7. The summed E-state index contributed by atoms with van der Waals surface area (Å²) in [5, 5.41) is 14.7. The molecule has 2 aromatic rings. The van der Waals surface area contributed by atoms with E-state index in [4.69, 9.17) is 22.2 Å². The lowest BCUT2D eigenvalue weighted by Gasteiger charge is -2.10. The second-order valence-electron chi connectivity index (χ2n) is 5.21. The molecule has 5 nitrogen and oxygen atoms in total. The van der Waals surface area contributed by atoms with Gasteiger partial charge < -0.3 is 10.1 Å². The Hall–Kier alpha value is -2.69. The monoisotopic (exact) mass is 413 g/mol. The van der Waals surface area contributed by atoms with Crippen LogP contribution in [-0.4, -0.2) is 11.0 Å². The molecule has 0 bridgehead atoms. The maximum atomic E-state index is 11.7. The Balaban J connectivity index is 1.74. The number of rotatable bonds is 4. The summed E-state index contributed by atoms with van der Waals surface area (Å²) < 4.78 is 6.54.